The lowest BCUT2D eigenvalue weighted by atomic mass is 9.97. The van der Waals surface area contributed by atoms with Crippen molar-refractivity contribution < 1.29 is 29.3 Å². The first-order valence-corrected chi connectivity index (χ1v) is 18.6. The zero-order valence-corrected chi connectivity index (χ0v) is 30.3. The molecule has 1 fully saturated rings. The van der Waals surface area contributed by atoms with Gasteiger partial charge in [-0.25, -0.2) is 9.59 Å². The Labute approximate surface area is 314 Å². The van der Waals surface area contributed by atoms with Gasteiger partial charge in [-0.3, -0.25) is 9.69 Å². The van der Waals surface area contributed by atoms with Crippen molar-refractivity contribution in [3.63, 3.8) is 0 Å². The van der Waals surface area contributed by atoms with E-state index in [1.54, 1.807) is 12.1 Å². The van der Waals surface area contributed by atoms with Crippen LogP contribution in [-0.2, 0) is 17.7 Å². The molecule has 2 heterocycles. The Morgan fingerprint density at radius 2 is 1.65 bits per heavy atom. The summed E-state index contributed by atoms with van der Waals surface area (Å²) in [6.45, 7) is 5.25. The van der Waals surface area contributed by atoms with Gasteiger partial charge >= 0.3 is 12.1 Å². The summed E-state index contributed by atoms with van der Waals surface area (Å²) in [6.07, 6.45) is 3.34. The van der Waals surface area contributed by atoms with Gasteiger partial charge in [0.2, 0.25) is 5.56 Å². The van der Waals surface area contributed by atoms with E-state index < -0.39 is 12.1 Å². The predicted molar refractivity (Wildman–Crippen MR) is 208 cm³/mol. The van der Waals surface area contributed by atoms with E-state index in [0.717, 1.165) is 98.2 Å². The van der Waals surface area contributed by atoms with Crippen LogP contribution in [0.4, 0.5) is 4.79 Å². The number of aromatic nitrogens is 1. The van der Waals surface area contributed by atoms with Gasteiger partial charge in [0.1, 0.15) is 11.5 Å². The van der Waals surface area contributed by atoms with E-state index in [0.29, 0.717) is 30.2 Å². The molecule has 0 spiro atoms. The molecule has 0 saturated carbocycles. The number of benzene rings is 4. The molecule has 1 aromatic heterocycles. The number of likely N-dealkylation sites (tertiary alicyclic amines) is 1. The number of piperidine rings is 1. The first-order chi connectivity index (χ1) is 26.3. The summed E-state index contributed by atoms with van der Waals surface area (Å²) in [5, 5.41) is 26.4. The number of H-pyrrole nitrogens is 1. The van der Waals surface area contributed by atoms with E-state index in [-0.39, 0.29) is 17.3 Å². The summed E-state index contributed by atoms with van der Waals surface area (Å²) in [6, 6.07) is 31.0. The van der Waals surface area contributed by atoms with Crippen LogP contribution in [-0.4, -0.2) is 71.6 Å². The van der Waals surface area contributed by atoms with Crippen LogP contribution in [0.2, 0.25) is 0 Å². The van der Waals surface area contributed by atoms with Crippen LogP contribution in [0.25, 0.3) is 10.9 Å². The van der Waals surface area contributed by atoms with E-state index in [1.807, 2.05) is 84.9 Å². The number of carbonyl (C=O) groups excluding carboxylic acids is 1. The highest BCUT2D eigenvalue weighted by molar-refractivity contribution is 5.89. The highest BCUT2D eigenvalue weighted by Gasteiger charge is 2.21. The van der Waals surface area contributed by atoms with Crippen molar-refractivity contribution in [2.24, 2.45) is 5.92 Å². The van der Waals surface area contributed by atoms with Gasteiger partial charge in [0.15, 0.2) is 0 Å². The van der Waals surface area contributed by atoms with E-state index >= 15 is 0 Å². The SMILES string of the molecule is O=C(O)NC(c1ccccc1)c1cccc(OCC2CCN(Cc3ccc(C(=O)OCCCCNCCc4ccc(O)c5[nH]c(=O)ccc45)cc3)CC2)c1. The molecule has 6 rings (SSSR count). The molecule has 1 unspecified atom stereocenters. The first kappa shape index (κ1) is 38.1. The minimum absolute atomic E-state index is 0.0641. The summed E-state index contributed by atoms with van der Waals surface area (Å²) < 4.78 is 11.7. The number of phenols is 1. The van der Waals surface area contributed by atoms with Crippen molar-refractivity contribution in [2.75, 3.05) is 39.4 Å². The molecule has 5 aromatic rings. The van der Waals surface area contributed by atoms with Crippen molar-refractivity contribution in [1.29, 1.82) is 0 Å². The molecule has 11 heteroatoms. The lowest BCUT2D eigenvalue weighted by molar-refractivity contribution is 0.0498. The minimum Gasteiger partial charge on any atom is -0.506 e. The topological polar surface area (TPSA) is 153 Å². The monoisotopic (exact) mass is 732 g/mol. The molecule has 1 atom stereocenters. The Balaban J connectivity index is 0.853. The summed E-state index contributed by atoms with van der Waals surface area (Å²) in [5.41, 5.74) is 4.66. The minimum atomic E-state index is -1.08. The molecule has 5 N–H and O–H groups in total. The maximum atomic E-state index is 12.6. The fourth-order valence-corrected chi connectivity index (χ4v) is 6.90. The number of esters is 1. The Morgan fingerprint density at radius 1 is 0.870 bits per heavy atom. The number of aromatic amines is 1. The van der Waals surface area contributed by atoms with Gasteiger partial charge < -0.3 is 35.3 Å². The maximum Gasteiger partial charge on any atom is 0.405 e. The Morgan fingerprint density at radius 3 is 2.43 bits per heavy atom. The largest absolute Gasteiger partial charge is 0.506 e. The van der Waals surface area contributed by atoms with Gasteiger partial charge in [0, 0.05) is 18.0 Å². The number of nitrogens with zero attached hydrogens (tertiary/aromatic N) is 1. The molecule has 11 nitrogen and oxygen atoms in total. The molecule has 282 valence electrons. The molecule has 0 bridgehead atoms. The number of pyridine rings is 1. The van der Waals surface area contributed by atoms with Gasteiger partial charge in [-0.2, -0.15) is 0 Å². The zero-order chi connectivity index (χ0) is 37.7. The second-order valence-corrected chi connectivity index (χ2v) is 13.8. The number of carbonyl (C=O) groups is 2. The summed E-state index contributed by atoms with van der Waals surface area (Å²) in [4.78, 5) is 40.9. The van der Waals surface area contributed by atoms with Crippen LogP contribution >= 0.6 is 0 Å². The number of hydrogen-bond acceptors (Lipinski definition) is 8. The second kappa shape index (κ2) is 18.9. The molecule has 1 amide bonds. The summed E-state index contributed by atoms with van der Waals surface area (Å²) in [5.74, 6) is 0.911. The third-order valence-electron chi connectivity index (χ3n) is 9.90. The standard InChI is InChI=1S/C43H48N4O7/c48-38-17-15-32(37-16-18-39(49)45-41(37)38)19-23-44-22-4-5-26-53-42(50)34-13-11-30(12-14-34)28-47-24-20-31(21-25-47)29-54-36-10-6-9-35(27-36)40(46-43(51)52)33-7-2-1-3-8-33/h1-3,6-18,27,31,40,44,46,48H,4-5,19-26,28-29H2,(H,45,49)(H,51,52). The van der Waals surface area contributed by atoms with Gasteiger partial charge in [-0.15, -0.1) is 0 Å². The third-order valence-corrected chi connectivity index (χ3v) is 9.90. The number of fused-ring (bicyclic) bond motifs is 1. The zero-order valence-electron chi connectivity index (χ0n) is 30.3. The fourth-order valence-electron chi connectivity index (χ4n) is 6.90. The molecular formula is C43H48N4O7. The highest BCUT2D eigenvalue weighted by atomic mass is 16.5. The van der Waals surface area contributed by atoms with E-state index in [9.17, 15) is 24.6 Å². The number of aromatic hydroxyl groups is 1. The normalized spacial score (nSPS) is 14.1. The molecule has 0 aliphatic carbocycles. The fraction of sp³-hybridized carbons (Fsp3) is 0.326. The average molecular weight is 733 g/mol. The average Bonchev–Trinajstić information content (AvgIpc) is 3.19. The van der Waals surface area contributed by atoms with Crippen molar-refractivity contribution >= 4 is 23.0 Å². The number of unbranched alkanes of at least 4 members (excludes halogenated alkanes) is 1. The van der Waals surface area contributed by atoms with Crippen LogP contribution in [0.15, 0.2) is 108 Å². The molecule has 0 radical (unpaired) electrons. The van der Waals surface area contributed by atoms with Crippen LogP contribution < -0.4 is 20.9 Å². The number of ether oxygens (including phenoxy) is 2. The van der Waals surface area contributed by atoms with E-state index in [1.165, 1.54) is 6.07 Å². The number of nitrogens with one attached hydrogen (secondary N) is 3. The van der Waals surface area contributed by atoms with Crippen molar-refractivity contribution in [3.8, 4) is 11.5 Å². The van der Waals surface area contributed by atoms with Crippen molar-refractivity contribution in [2.45, 2.75) is 44.7 Å². The molecule has 1 aliphatic rings. The third kappa shape index (κ3) is 10.7. The highest BCUT2D eigenvalue weighted by Crippen LogP contribution is 2.27. The Hall–Kier alpha value is -5.65. The lowest BCUT2D eigenvalue weighted by Gasteiger charge is -2.32. The second-order valence-electron chi connectivity index (χ2n) is 13.8. The number of amides is 1. The maximum absolute atomic E-state index is 12.6. The smallest absolute Gasteiger partial charge is 0.405 e. The van der Waals surface area contributed by atoms with Gasteiger partial charge in [-0.05, 0) is 123 Å². The van der Waals surface area contributed by atoms with Crippen LogP contribution in [0, 0.1) is 5.92 Å². The summed E-state index contributed by atoms with van der Waals surface area (Å²) >= 11 is 0. The first-order valence-electron chi connectivity index (χ1n) is 18.6. The Kier molecular flexibility index (Phi) is 13.3. The Bertz CT molecular complexity index is 2040. The van der Waals surface area contributed by atoms with Gasteiger partial charge in [0.05, 0.1) is 30.3 Å². The van der Waals surface area contributed by atoms with Gasteiger partial charge in [0.25, 0.3) is 0 Å². The molecule has 1 saturated heterocycles. The van der Waals surface area contributed by atoms with Crippen LogP contribution in [0.3, 0.4) is 0 Å². The molecule has 4 aromatic carbocycles. The van der Waals surface area contributed by atoms with E-state index in [2.05, 4.69) is 20.5 Å². The van der Waals surface area contributed by atoms with Crippen molar-refractivity contribution in [1.82, 2.24) is 20.5 Å². The van der Waals surface area contributed by atoms with Crippen LogP contribution in [0.5, 0.6) is 11.5 Å². The number of phenolic OH excluding ortho intramolecular Hbond substituents is 1. The molecule has 1 aliphatic heterocycles. The van der Waals surface area contributed by atoms with Crippen LogP contribution in [0.1, 0.15) is 64.3 Å². The molecule has 54 heavy (non-hydrogen) atoms. The van der Waals surface area contributed by atoms with Gasteiger partial charge in [-0.1, -0.05) is 60.7 Å². The quantitative estimate of drug-likeness (QED) is 0.0523. The van der Waals surface area contributed by atoms with Crippen molar-refractivity contribution in [3.05, 3.63) is 141 Å². The lowest BCUT2D eigenvalue weighted by Crippen LogP contribution is -2.35. The van der Waals surface area contributed by atoms with E-state index in [4.69, 9.17) is 9.47 Å². The number of rotatable bonds is 17. The predicted octanol–water partition coefficient (Wildman–Crippen LogP) is 6.65. The number of hydrogen-bond donors (Lipinski definition) is 5. The molecular weight excluding hydrogens is 684 g/mol. The number of carboxylic acid groups (broad SMARTS) is 1. The summed E-state index contributed by atoms with van der Waals surface area (Å²) in [7, 11) is 0.